The van der Waals surface area contributed by atoms with E-state index in [1.54, 1.807) is 0 Å². The van der Waals surface area contributed by atoms with Crippen molar-refractivity contribution < 1.29 is 48.5 Å². The normalized spacial score (nSPS) is 34.8. The fraction of sp³-hybridized carbons (Fsp3) is 0.680. The van der Waals surface area contributed by atoms with Crippen molar-refractivity contribution in [2.75, 3.05) is 11.9 Å². The number of ether oxygens (including phenoxy) is 3. The highest BCUT2D eigenvalue weighted by Gasteiger charge is 2.55. The predicted octanol–water partition coefficient (Wildman–Crippen LogP) is 2.06. The fourth-order valence-corrected chi connectivity index (χ4v) is 5.64. The molecule has 2 aromatic rings. The van der Waals surface area contributed by atoms with Crippen LogP contribution in [0.5, 0.6) is 0 Å². The van der Waals surface area contributed by atoms with Crippen molar-refractivity contribution in [3.63, 3.8) is 0 Å². The summed E-state index contributed by atoms with van der Waals surface area (Å²) >= 11 is 0. The molecule has 0 radical (unpaired) electrons. The first-order valence-corrected chi connectivity index (χ1v) is 13.3. The van der Waals surface area contributed by atoms with E-state index in [-0.39, 0.29) is 29.3 Å². The molecular formula is C25H34FN5O9. The Morgan fingerprint density at radius 1 is 1.38 bits per heavy atom. The van der Waals surface area contributed by atoms with E-state index in [1.165, 1.54) is 10.9 Å². The first kappa shape index (κ1) is 28.7. The largest absolute Gasteiger partial charge is 0.446 e. The number of imidazole rings is 1. The molecule has 3 aliphatic rings. The Balaban J connectivity index is 1.27. The molecule has 8 atom stereocenters. The minimum absolute atomic E-state index is 0.00402. The SMILES string of the molecule is C=CCC(CC)[C@@]1(C)OO[C@@]2(CCCC(OC(=O)Nc3nc(F)nc4c3ncn4[C@@H]3O[C@H](CO)[C@@H](O)[C@@H]3O)C2)O1. The van der Waals surface area contributed by atoms with E-state index in [2.05, 4.69) is 26.8 Å². The van der Waals surface area contributed by atoms with Crippen LogP contribution in [0.3, 0.4) is 0 Å². The van der Waals surface area contributed by atoms with E-state index in [9.17, 15) is 24.5 Å². The Morgan fingerprint density at radius 3 is 2.88 bits per heavy atom. The van der Waals surface area contributed by atoms with Gasteiger partial charge in [0, 0.05) is 18.8 Å². The van der Waals surface area contributed by atoms with Gasteiger partial charge in [0.1, 0.15) is 24.4 Å². The number of aliphatic hydroxyl groups excluding tert-OH is 3. The summed E-state index contributed by atoms with van der Waals surface area (Å²) in [5, 5.41) is 32.2. The van der Waals surface area contributed by atoms with Gasteiger partial charge in [0.2, 0.25) is 11.6 Å². The summed E-state index contributed by atoms with van der Waals surface area (Å²) in [6.07, 6.45) is -1.27. The third-order valence-electron chi connectivity index (χ3n) is 7.74. The minimum Gasteiger partial charge on any atom is -0.446 e. The smallest absolute Gasteiger partial charge is 0.413 e. The third-order valence-corrected chi connectivity index (χ3v) is 7.74. The molecule has 1 spiro atoms. The van der Waals surface area contributed by atoms with Crippen LogP contribution < -0.4 is 5.32 Å². The van der Waals surface area contributed by atoms with Crippen LogP contribution >= 0.6 is 0 Å². The molecule has 220 valence electrons. The van der Waals surface area contributed by atoms with Gasteiger partial charge in [-0.2, -0.15) is 24.1 Å². The van der Waals surface area contributed by atoms with Gasteiger partial charge >= 0.3 is 12.2 Å². The lowest BCUT2D eigenvalue weighted by molar-refractivity contribution is -0.361. The van der Waals surface area contributed by atoms with E-state index in [4.69, 9.17) is 24.0 Å². The van der Waals surface area contributed by atoms with Gasteiger partial charge in [-0.25, -0.2) is 9.78 Å². The molecule has 2 aliphatic heterocycles. The second-order valence-corrected chi connectivity index (χ2v) is 10.5. The second kappa shape index (κ2) is 11.2. The number of rotatable bonds is 8. The Labute approximate surface area is 229 Å². The van der Waals surface area contributed by atoms with Crippen LogP contribution in [0.15, 0.2) is 19.0 Å². The summed E-state index contributed by atoms with van der Waals surface area (Å²) in [5.74, 6) is -2.28. The second-order valence-electron chi connectivity index (χ2n) is 10.5. The molecule has 0 bridgehead atoms. The number of halogens is 1. The summed E-state index contributed by atoms with van der Waals surface area (Å²) in [7, 11) is 0. The number of aliphatic hydroxyl groups is 3. The molecule has 2 unspecified atom stereocenters. The number of fused-ring (bicyclic) bond motifs is 1. The molecule has 40 heavy (non-hydrogen) atoms. The number of nitrogens with zero attached hydrogens (tertiary/aromatic N) is 4. The Morgan fingerprint density at radius 2 is 2.17 bits per heavy atom. The molecule has 2 aromatic heterocycles. The quantitative estimate of drug-likeness (QED) is 0.208. The molecule has 2 saturated heterocycles. The van der Waals surface area contributed by atoms with Gasteiger partial charge < -0.3 is 29.5 Å². The number of carbonyl (C=O) groups excluding carboxylic acids is 1. The maximum atomic E-state index is 14.4. The number of hydrogen-bond acceptors (Lipinski definition) is 12. The van der Waals surface area contributed by atoms with E-state index >= 15 is 0 Å². The number of carbonyl (C=O) groups is 1. The summed E-state index contributed by atoms with van der Waals surface area (Å²) < 4.78 is 33.0. The lowest BCUT2D eigenvalue weighted by Crippen LogP contribution is -2.44. The van der Waals surface area contributed by atoms with Crippen LogP contribution in [0, 0.1) is 12.0 Å². The third kappa shape index (κ3) is 5.30. The van der Waals surface area contributed by atoms with Crippen LogP contribution in [0.25, 0.3) is 11.2 Å². The van der Waals surface area contributed by atoms with Gasteiger partial charge in [0.05, 0.1) is 12.9 Å². The van der Waals surface area contributed by atoms with Crippen molar-refractivity contribution >= 4 is 23.1 Å². The van der Waals surface area contributed by atoms with Crippen LogP contribution in [0.1, 0.15) is 58.6 Å². The van der Waals surface area contributed by atoms with E-state index in [1.807, 2.05) is 19.9 Å². The van der Waals surface area contributed by atoms with Crippen molar-refractivity contribution in [3.8, 4) is 0 Å². The highest BCUT2D eigenvalue weighted by molar-refractivity contribution is 5.93. The maximum absolute atomic E-state index is 14.4. The number of allylic oxidation sites excluding steroid dienone is 1. The molecule has 1 saturated carbocycles. The van der Waals surface area contributed by atoms with Crippen LogP contribution in [0.2, 0.25) is 0 Å². The molecule has 3 fully saturated rings. The van der Waals surface area contributed by atoms with E-state index in [0.717, 1.165) is 6.42 Å². The summed E-state index contributed by atoms with van der Waals surface area (Å²) in [4.78, 5) is 35.7. The van der Waals surface area contributed by atoms with Gasteiger partial charge in [-0.05, 0) is 32.6 Å². The number of hydrogen-bond donors (Lipinski definition) is 4. The van der Waals surface area contributed by atoms with Crippen LogP contribution in [0.4, 0.5) is 15.0 Å². The highest BCUT2D eigenvalue weighted by Crippen LogP contribution is 2.47. The predicted molar refractivity (Wildman–Crippen MR) is 134 cm³/mol. The molecule has 1 amide bonds. The first-order chi connectivity index (χ1) is 19.1. The zero-order valence-electron chi connectivity index (χ0n) is 22.2. The maximum Gasteiger partial charge on any atom is 0.413 e. The summed E-state index contributed by atoms with van der Waals surface area (Å²) in [6.45, 7) is 7.12. The molecular weight excluding hydrogens is 533 g/mol. The first-order valence-electron chi connectivity index (χ1n) is 13.3. The van der Waals surface area contributed by atoms with Gasteiger partial charge in [-0.1, -0.05) is 13.0 Å². The van der Waals surface area contributed by atoms with Crippen molar-refractivity contribution in [2.45, 2.75) is 94.6 Å². The monoisotopic (exact) mass is 567 g/mol. The minimum atomic E-state index is -1.44. The summed E-state index contributed by atoms with van der Waals surface area (Å²) in [6, 6.07) is 0. The fourth-order valence-electron chi connectivity index (χ4n) is 5.64. The summed E-state index contributed by atoms with van der Waals surface area (Å²) in [5.41, 5.74) is -0.112. The molecule has 4 heterocycles. The van der Waals surface area contributed by atoms with Crippen LogP contribution in [-0.4, -0.2) is 83.5 Å². The lowest BCUT2D eigenvalue weighted by Gasteiger charge is -2.36. The van der Waals surface area contributed by atoms with Crippen LogP contribution in [-0.2, 0) is 24.0 Å². The highest BCUT2D eigenvalue weighted by atomic mass is 19.1. The number of anilines is 1. The van der Waals surface area contributed by atoms with Crippen molar-refractivity contribution in [2.24, 2.45) is 5.92 Å². The number of nitrogens with one attached hydrogen (secondary N) is 1. The van der Waals surface area contributed by atoms with Crippen molar-refractivity contribution in [1.82, 2.24) is 19.5 Å². The Bertz CT molecular complexity index is 1250. The molecule has 0 aromatic carbocycles. The molecule has 1 aliphatic carbocycles. The Hall–Kier alpha value is -2.79. The zero-order chi connectivity index (χ0) is 28.7. The van der Waals surface area contributed by atoms with Crippen molar-refractivity contribution in [3.05, 3.63) is 25.1 Å². The molecule has 15 heteroatoms. The molecule has 5 rings (SSSR count). The van der Waals surface area contributed by atoms with Gasteiger partial charge in [-0.15, -0.1) is 6.58 Å². The average molecular weight is 568 g/mol. The van der Waals surface area contributed by atoms with Gasteiger partial charge in [0.15, 0.2) is 23.2 Å². The number of amides is 1. The molecule has 4 N–H and O–H groups in total. The Kier molecular flexibility index (Phi) is 8.07. The van der Waals surface area contributed by atoms with Gasteiger partial charge in [0.25, 0.3) is 0 Å². The van der Waals surface area contributed by atoms with Crippen molar-refractivity contribution in [1.29, 1.82) is 0 Å². The van der Waals surface area contributed by atoms with E-state index < -0.39 is 61.0 Å². The lowest BCUT2D eigenvalue weighted by atomic mass is 9.89. The average Bonchev–Trinajstić information content (AvgIpc) is 3.56. The topological polar surface area (TPSA) is 180 Å². The molecule has 14 nitrogen and oxygen atoms in total. The standard InChI is InChI=1S/C25H34FN5O9/c1-4-7-13(5-2)24(3)38-25(40-39-24)9-6-8-14(10-25)36-23(35)29-19-16-20(30-22(26)28-19)31(12-27-16)21-18(34)17(33)15(11-32)37-21/h4,12-15,17-18,21,32-34H,1,5-11H2,2-3H3,(H,28,29,30,35)/t13?,14?,15-,17-,18+,21-,24-,25-/m1/s1. The van der Waals surface area contributed by atoms with Gasteiger partial charge in [-0.3, -0.25) is 9.88 Å². The zero-order valence-corrected chi connectivity index (χ0v) is 22.2. The number of aromatic nitrogens is 4. The van der Waals surface area contributed by atoms with E-state index in [0.29, 0.717) is 25.7 Å².